The Bertz CT molecular complexity index is 602. The molecule has 1 atom stereocenters. The van der Waals surface area contributed by atoms with Gasteiger partial charge in [0.2, 0.25) is 0 Å². The predicted molar refractivity (Wildman–Crippen MR) is 83.8 cm³/mol. The summed E-state index contributed by atoms with van der Waals surface area (Å²) in [5.74, 6) is -0.120. The van der Waals surface area contributed by atoms with E-state index in [0.29, 0.717) is 24.8 Å². The number of halogens is 1. The van der Waals surface area contributed by atoms with Crippen LogP contribution in [0.15, 0.2) is 18.2 Å². The molecule has 4 nitrogen and oxygen atoms in total. The van der Waals surface area contributed by atoms with E-state index in [1.54, 1.807) is 6.07 Å². The Morgan fingerprint density at radius 2 is 2.14 bits per heavy atom. The summed E-state index contributed by atoms with van der Waals surface area (Å²) in [4.78, 5) is 1.88. The second-order valence-electron chi connectivity index (χ2n) is 5.94. The van der Waals surface area contributed by atoms with Crippen molar-refractivity contribution in [3.05, 3.63) is 29.6 Å². The molecule has 0 amide bonds. The molecule has 2 rings (SSSR count). The largest absolute Gasteiger partial charge is 0.364 e. The van der Waals surface area contributed by atoms with Gasteiger partial charge in [-0.15, -0.1) is 0 Å². The standard InChI is InChI=1S/C15H23FN2O2S/c1-11(2)17-9-13-5-4-6-14(16)15(13)18-7-8-21(19,20)10-12(18)3/h4-6,11-12,17H,7-10H2,1-3H3. The fraction of sp³-hybridized carbons (Fsp3) is 0.600. The average Bonchev–Trinajstić information content (AvgIpc) is 2.37. The van der Waals surface area contributed by atoms with Crippen molar-refractivity contribution in [3.8, 4) is 0 Å². The minimum Gasteiger partial charge on any atom is -0.364 e. The SMILES string of the molecule is CC(C)NCc1cccc(F)c1N1CCS(=O)(=O)CC1C. The first-order valence-corrected chi connectivity index (χ1v) is 9.10. The summed E-state index contributed by atoms with van der Waals surface area (Å²) in [7, 11) is -3.00. The Balaban J connectivity index is 2.30. The number of hydrogen-bond acceptors (Lipinski definition) is 4. The Kier molecular flexibility index (Phi) is 4.88. The van der Waals surface area contributed by atoms with E-state index in [9.17, 15) is 12.8 Å². The summed E-state index contributed by atoms with van der Waals surface area (Å²) in [6.45, 7) is 6.83. The molecule has 118 valence electrons. The first-order chi connectivity index (χ1) is 9.80. The molecule has 1 saturated heterocycles. The molecule has 0 radical (unpaired) electrons. The molecule has 1 N–H and O–H groups in total. The fourth-order valence-corrected chi connectivity index (χ4v) is 4.23. The molecular formula is C15H23FN2O2S. The Morgan fingerprint density at radius 1 is 1.43 bits per heavy atom. The van der Waals surface area contributed by atoms with Crippen LogP contribution in [0, 0.1) is 5.82 Å². The van der Waals surface area contributed by atoms with Crippen LogP contribution in [0.25, 0.3) is 0 Å². The molecule has 1 aromatic carbocycles. The highest BCUT2D eigenvalue weighted by molar-refractivity contribution is 7.91. The first kappa shape index (κ1) is 16.2. The predicted octanol–water partition coefficient (Wildman–Crippen LogP) is 1.95. The van der Waals surface area contributed by atoms with Gasteiger partial charge in [-0.1, -0.05) is 26.0 Å². The number of benzene rings is 1. The van der Waals surface area contributed by atoms with Crippen molar-refractivity contribution >= 4 is 15.5 Å². The first-order valence-electron chi connectivity index (χ1n) is 7.28. The van der Waals surface area contributed by atoms with Gasteiger partial charge >= 0.3 is 0 Å². The van der Waals surface area contributed by atoms with Crippen LogP contribution in [0.4, 0.5) is 10.1 Å². The van der Waals surface area contributed by atoms with E-state index in [1.165, 1.54) is 6.07 Å². The van der Waals surface area contributed by atoms with Crippen LogP contribution in [0.2, 0.25) is 0 Å². The summed E-state index contributed by atoms with van der Waals surface area (Å²) < 4.78 is 37.7. The van der Waals surface area contributed by atoms with E-state index in [0.717, 1.165) is 5.56 Å². The topological polar surface area (TPSA) is 49.4 Å². The minimum atomic E-state index is -3.00. The summed E-state index contributed by atoms with van der Waals surface area (Å²) >= 11 is 0. The molecule has 1 fully saturated rings. The van der Waals surface area contributed by atoms with E-state index in [4.69, 9.17) is 0 Å². The monoisotopic (exact) mass is 314 g/mol. The van der Waals surface area contributed by atoms with Gasteiger partial charge in [-0.25, -0.2) is 12.8 Å². The van der Waals surface area contributed by atoms with Gasteiger partial charge in [0, 0.05) is 25.2 Å². The quantitative estimate of drug-likeness (QED) is 0.923. The van der Waals surface area contributed by atoms with Gasteiger partial charge in [0.1, 0.15) is 5.82 Å². The average molecular weight is 314 g/mol. The number of nitrogens with zero attached hydrogens (tertiary/aromatic N) is 1. The molecule has 1 aromatic rings. The molecule has 1 heterocycles. The van der Waals surface area contributed by atoms with Crippen LogP contribution >= 0.6 is 0 Å². The van der Waals surface area contributed by atoms with Crippen LogP contribution < -0.4 is 10.2 Å². The van der Waals surface area contributed by atoms with Gasteiger partial charge in [-0.05, 0) is 18.6 Å². The van der Waals surface area contributed by atoms with Crippen molar-refractivity contribution in [2.75, 3.05) is 23.0 Å². The second kappa shape index (κ2) is 6.32. The second-order valence-corrected chi connectivity index (χ2v) is 8.17. The maximum atomic E-state index is 14.3. The number of hydrogen-bond donors (Lipinski definition) is 1. The Morgan fingerprint density at radius 3 is 2.76 bits per heavy atom. The van der Waals surface area contributed by atoms with Crippen molar-refractivity contribution in [1.82, 2.24) is 5.32 Å². The fourth-order valence-electron chi connectivity index (χ4n) is 2.67. The zero-order chi connectivity index (χ0) is 15.6. The lowest BCUT2D eigenvalue weighted by molar-refractivity contribution is 0.551. The van der Waals surface area contributed by atoms with Crippen LogP contribution in [0.5, 0.6) is 0 Å². The van der Waals surface area contributed by atoms with E-state index in [2.05, 4.69) is 5.32 Å². The summed E-state index contributed by atoms with van der Waals surface area (Å²) in [5, 5.41) is 3.29. The van der Waals surface area contributed by atoms with Gasteiger partial charge in [0.15, 0.2) is 9.84 Å². The summed E-state index contributed by atoms with van der Waals surface area (Å²) in [5.41, 5.74) is 1.41. The van der Waals surface area contributed by atoms with Gasteiger partial charge in [0.25, 0.3) is 0 Å². The van der Waals surface area contributed by atoms with Crippen LogP contribution in [-0.2, 0) is 16.4 Å². The van der Waals surface area contributed by atoms with Crippen LogP contribution in [-0.4, -0.2) is 38.6 Å². The molecule has 21 heavy (non-hydrogen) atoms. The van der Waals surface area contributed by atoms with E-state index >= 15 is 0 Å². The maximum absolute atomic E-state index is 14.3. The molecule has 1 unspecified atom stereocenters. The number of rotatable bonds is 4. The zero-order valence-electron chi connectivity index (χ0n) is 12.8. The van der Waals surface area contributed by atoms with Crippen LogP contribution in [0.3, 0.4) is 0 Å². The molecule has 1 aliphatic heterocycles. The third-order valence-electron chi connectivity index (χ3n) is 3.73. The van der Waals surface area contributed by atoms with Crippen molar-refractivity contribution < 1.29 is 12.8 Å². The van der Waals surface area contributed by atoms with Gasteiger partial charge in [0.05, 0.1) is 17.2 Å². The highest BCUT2D eigenvalue weighted by Crippen LogP contribution is 2.28. The van der Waals surface area contributed by atoms with Gasteiger partial charge in [-0.2, -0.15) is 0 Å². The number of nitrogens with one attached hydrogen (secondary N) is 1. The molecule has 1 aliphatic rings. The van der Waals surface area contributed by atoms with E-state index < -0.39 is 9.84 Å². The zero-order valence-corrected chi connectivity index (χ0v) is 13.6. The highest BCUT2D eigenvalue weighted by atomic mass is 32.2. The molecule has 0 bridgehead atoms. The van der Waals surface area contributed by atoms with Crippen LogP contribution in [0.1, 0.15) is 26.3 Å². The molecule has 0 aliphatic carbocycles. The van der Waals surface area contributed by atoms with Gasteiger partial charge < -0.3 is 10.2 Å². The minimum absolute atomic E-state index is 0.0817. The normalized spacial score (nSPS) is 21.8. The lowest BCUT2D eigenvalue weighted by Gasteiger charge is -2.36. The molecule has 6 heteroatoms. The van der Waals surface area contributed by atoms with E-state index in [1.807, 2.05) is 31.7 Å². The number of sulfone groups is 1. The Hall–Kier alpha value is -1.14. The lowest BCUT2D eigenvalue weighted by Crippen LogP contribution is -2.47. The summed E-state index contributed by atoms with van der Waals surface area (Å²) in [6, 6.07) is 5.12. The molecule has 0 spiro atoms. The number of anilines is 1. The van der Waals surface area contributed by atoms with Crippen molar-refractivity contribution in [1.29, 1.82) is 0 Å². The van der Waals surface area contributed by atoms with Gasteiger partial charge in [-0.3, -0.25) is 0 Å². The smallest absolute Gasteiger partial charge is 0.154 e. The number of para-hydroxylation sites is 1. The van der Waals surface area contributed by atoms with Crippen molar-refractivity contribution in [3.63, 3.8) is 0 Å². The third-order valence-corrected chi connectivity index (χ3v) is 5.52. The van der Waals surface area contributed by atoms with E-state index in [-0.39, 0.29) is 23.4 Å². The summed E-state index contributed by atoms with van der Waals surface area (Å²) in [6.07, 6.45) is 0. The third kappa shape index (κ3) is 3.95. The highest BCUT2D eigenvalue weighted by Gasteiger charge is 2.30. The Labute approximate surface area is 126 Å². The van der Waals surface area contributed by atoms with Crippen molar-refractivity contribution in [2.24, 2.45) is 0 Å². The molecule has 0 saturated carbocycles. The molecular weight excluding hydrogens is 291 g/mol. The molecule has 0 aromatic heterocycles. The lowest BCUT2D eigenvalue weighted by atomic mass is 10.1. The maximum Gasteiger partial charge on any atom is 0.154 e. The van der Waals surface area contributed by atoms with Crippen molar-refractivity contribution in [2.45, 2.75) is 39.4 Å².